The Morgan fingerprint density at radius 2 is 1.85 bits per heavy atom. The first kappa shape index (κ1) is 28.1. The van der Waals surface area contributed by atoms with E-state index in [1.54, 1.807) is 0 Å². The van der Waals surface area contributed by atoms with Gasteiger partial charge in [0.15, 0.2) is 17.1 Å². The van der Waals surface area contributed by atoms with Crippen LogP contribution in [-0.4, -0.2) is 58.6 Å². The van der Waals surface area contributed by atoms with Gasteiger partial charge in [-0.1, -0.05) is 56.2 Å². The van der Waals surface area contributed by atoms with E-state index in [2.05, 4.69) is 0 Å². The molecule has 0 aromatic rings. The maximum Gasteiger partial charge on any atom is 0.346 e. The fraction of sp³-hybridized carbons (Fsp3) is 0.625. The van der Waals surface area contributed by atoms with Crippen LogP contribution in [0.2, 0.25) is 0 Å². The Morgan fingerprint density at radius 1 is 1.10 bits per heavy atom. The molecular formula is C32H42O7. The lowest BCUT2D eigenvalue weighted by Crippen LogP contribution is -2.52. The molecule has 0 amide bonds. The summed E-state index contributed by atoms with van der Waals surface area (Å²) in [6, 6.07) is 0. The first-order chi connectivity index (χ1) is 18.5. The zero-order chi connectivity index (χ0) is 28.3. The molecule has 1 fully saturated rings. The molecule has 0 aromatic carbocycles. The number of allylic oxidation sites excluding steroid dienone is 2. The fourth-order valence-electron chi connectivity index (χ4n) is 8.07. The molecular weight excluding hydrogens is 496 g/mol. The molecule has 2 bridgehead atoms. The highest BCUT2D eigenvalue weighted by Gasteiger charge is 2.62. The van der Waals surface area contributed by atoms with Gasteiger partial charge in [0.25, 0.3) is 0 Å². The van der Waals surface area contributed by atoms with Gasteiger partial charge in [-0.3, -0.25) is 4.79 Å². The van der Waals surface area contributed by atoms with Gasteiger partial charge in [0.05, 0.1) is 25.9 Å². The van der Waals surface area contributed by atoms with Gasteiger partial charge in [-0.15, -0.1) is 0 Å². The number of ether oxygens (including phenoxy) is 2. The van der Waals surface area contributed by atoms with Gasteiger partial charge in [0.1, 0.15) is 5.57 Å². The van der Waals surface area contributed by atoms with E-state index in [0.717, 1.165) is 29.6 Å². The number of Topliss-reactive ketones (excluding diaryl/α,β-unsaturated/α-hetero) is 1. The molecule has 7 nitrogen and oxygen atoms in total. The van der Waals surface area contributed by atoms with Crippen molar-refractivity contribution in [2.75, 3.05) is 13.7 Å². The molecule has 212 valence electrons. The van der Waals surface area contributed by atoms with Crippen LogP contribution >= 0.6 is 0 Å². The van der Waals surface area contributed by atoms with E-state index in [1.807, 2.05) is 58.1 Å². The molecule has 1 saturated carbocycles. The lowest BCUT2D eigenvalue weighted by atomic mass is 9.52. The second-order valence-corrected chi connectivity index (χ2v) is 12.5. The number of hydrogen-bond acceptors (Lipinski definition) is 7. The van der Waals surface area contributed by atoms with Gasteiger partial charge in [0, 0.05) is 29.6 Å². The largest absolute Gasteiger partial charge is 0.496 e. The van der Waals surface area contributed by atoms with Crippen molar-refractivity contribution < 1.29 is 34.4 Å². The summed E-state index contributed by atoms with van der Waals surface area (Å²) >= 11 is 0. The van der Waals surface area contributed by atoms with Crippen molar-refractivity contribution in [3.63, 3.8) is 0 Å². The first-order valence-electron chi connectivity index (χ1n) is 14.3. The summed E-state index contributed by atoms with van der Waals surface area (Å²) in [4.78, 5) is 28.6. The Morgan fingerprint density at radius 3 is 2.54 bits per heavy atom. The van der Waals surface area contributed by atoms with Crippen molar-refractivity contribution in [3.05, 3.63) is 58.4 Å². The first-order valence-corrected chi connectivity index (χ1v) is 14.3. The average molecular weight is 539 g/mol. The minimum atomic E-state index is -1.26. The molecule has 1 heterocycles. The second-order valence-electron chi connectivity index (χ2n) is 12.5. The summed E-state index contributed by atoms with van der Waals surface area (Å²) in [5, 5.41) is 32.1. The maximum absolute atomic E-state index is 14.8. The molecule has 1 aliphatic heterocycles. The number of carbonyl (C=O) groups excluding carboxylic acids is 2. The van der Waals surface area contributed by atoms with Crippen LogP contribution in [-0.2, 0) is 19.1 Å². The molecule has 39 heavy (non-hydrogen) atoms. The highest BCUT2D eigenvalue weighted by Crippen LogP contribution is 2.57. The standard InChI is InChI=1S/C32H42O7/c1-17-9-12-25(34)18(2)13-21-14-20(16-33)19(3)15-32(21)29(38-5)27(30(37)39-32)28(36)31(4)23(17)11-10-22-24(31)7-6-8-26(22)35/h9-11,13-14,19,21-26,33-35H,6-8,12,15-16H2,1-5H3/b17-9+,18-13+/t19-,21-,22+,23+,24-,25+,26+,31-,32+/m1/s1. The van der Waals surface area contributed by atoms with Gasteiger partial charge in [-0.2, -0.15) is 0 Å². The molecule has 9 atom stereocenters. The highest BCUT2D eigenvalue weighted by molar-refractivity contribution is 6.21. The molecule has 0 unspecified atom stereocenters. The number of carbonyl (C=O) groups is 2. The Balaban J connectivity index is 1.78. The summed E-state index contributed by atoms with van der Waals surface area (Å²) < 4.78 is 12.1. The summed E-state index contributed by atoms with van der Waals surface area (Å²) in [5.74, 6) is -2.08. The van der Waals surface area contributed by atoms with E-state index >= 15 is 0 Å². The highest BCUT2D eigenvalue weighted by atomic mass is 16.6. The van der Waals surface area contributed by atoms with Crippen molar-refractivity contribution in [2.45, 2.75) is 77.6 Å². The molecule has 0 aromatic heterocycles. The lowest BCUT2D eigenvalue weighted by molar-refractivity contribution is -0.154. The van der Waals surface area contributed by atoms with E-state index in [-0.39, 0.29) is 47.4 Å². The number of aliphatic hydroxyl groups excluding tert-OH is 3. The van der Waals surface area contributed by atoms with Crippen molar-refractivity contribution in [2.24, 2.45) is 35.0 Å². The fourth-order valence-corrected chi connectivity index (χ4v) is 8.07. The number of hydrogen-bond donors (Lipinski definition) is 3. The van der Waals surface area contributed by atoms with Gasteiger partial charge < -0.3 is 24.8 Å². The van der Waals surface area contributed by atoms with Crippen molar-refractivity contribution in [1.29, 1.82) is 0 Å². The monoisotopic (exact) mass is 538 g/mol. The number of esters is 1. The topological polar surface area (TPSA) is 113 Å². The molecule has 7 heteroatoms. The second kappa shape index (κ2) is 10.2. The third kappa shape index (κ3) is 4.20. The van der Waals surface area contributed by atoms with Crippen LogP contribution < -0.4 is 0 Å². The van der Waals surface area contributed by atoms with Crippen LogP contribution in [0.4, 0.5) is 0 Å². The average Bonchev–Trinajstić information content (AvgIpc) is 3.18. The van der Waals surface area contributed by atoms with Crippen molar-refractivity contribution in [3.8, 4) is 0 Å². The van der Waals surface area contributed by atoms with Gasteiger partial charge in [-0.05, 0) is 56.1 Å². The van der Waals surface area contributed by atoms with Crippen LogP contribution in [0.1, 0.15) is 59.8 Å². The zero-order valence-corrected chi connectivity index (χ0v) is 23.6. The van der Waals surface area contributed by atoms with E-state index in [0.29, 0.717) is 19.3 Å². The third-order valence-corrected chi connectivity index (χ3v) is 10.4. The molecule has 0 saturated heterocycles. The van der Waals surface area contributed by atoms with E-state index in [4.69, 9.17) is 9.47 Å². The SMILES string of the molecule is COC1=C2C(=O)O[C@]13C[C@@H](C)C(CO)=C[C@H]3/C=C(\C)[C@@H](O)C/C=C(\C)[C@@H]1C=C[C@H]3[C@@H](CCC[C@@H]3O)[C@]1(C)C2=O. The Kier molecular flexibility index (Phi) is 7.32. The Hall–Kier alpha value is -2.48. The van der Waals surface area contributed by atoms with Gasteiger partial charge in [-0.25, -0.2) is 4.79 Å². The van der Waals surface area contributed by atoms with Crippen LogP contribution in [0, 0.1) is 35.0 Å². The van der Waals surface area contributed by atoms with Crippen LogP contribution in [0.25, 0.3) is 0 Å². The summed E-state index contributed by atoms with van der Waals surface area (Å²) in [7, 11) is 1.47. The number of aliphatic hydroxyl groups is 3. The van der Waals surface area contributed by atoms with Crippen LogP contribution in [0.3, 0.4) is 0 Å². The number of fused-ring (bicyclic) bond motifs is 3. The normalized spacial score (nSPS) is 45.1. The number of methoxy groups -OCH3 is 1. The predicted molar refractivity (Wildman–Crippen MR) is 146 cm³/mol. The van der Waals surface area contributed by atoms with E-state index in [9.17, 15) is 24.9 Å². The Labute approximate surface area is 231 Å². The third-order valence-electron chi connectivity index (χ3n) is 10.4. The minimum absolute atomic E-state index is 0.0455. The van der Waals surface area contributed by atoms with Gasteiger partial charge in [0.2, 0.25) is 0 Å². The summed E-state index contributed by atoms with van der Waals surface area (Å²) in [6.45, 7) is 7.59. The van der Waals surface area contributed by atoms with Crippen molar-refractivity contribution >= 4 is 11.8 Å². The molecule has 5 rings (SSSR count). The zero-order valence-electron chi connectivity index (χ0n) is 23.6. The van der Waals surface area contributed by atoms with Crippen LogP contribution in [0.5, 0.6) is 0 Å². The smallest absolute Gasteiger partial charge is 0.346 e. The quantitative estimate of drug-likeness (QED) is 0.277. The number of ketones is 1. The molecule has 0 radical (unpaired) electrons. The number of rotatable bonds is 2. The maximum atomic E-state index is 14.8. The lowest BCUT2D eigenvalue weighted by Gasteiger charge is -2.51. The van der Waals surface area contributed by atoms with Crippen molar-refractivity contribution in [1.82, 2.24) is 0 Å². The molecule has 4 aliphatic carbocycles. The Bertz CT molecular complexity index is 1200. The minimum Gasteiger partial charge on any atom is -0.496 e. The van der Waals surface area contributed by atoms with Gasteiger partial charge >= 0.3 is 5.97 Å². The molecule has 3 N–H and O–H groups in total. The molecule has 1 spiro atoms. The van der Waals surface area contributed by atoms with Crippen LogP contribution in [0.15, 0.2) is 58.4 Å². The molecule has 5 aliphatic rings. The van der Waals surface area contributed by atoms with E-state index in [1.165, 1.54) is 7.11 Å². The summed E-state index contributed by atoms with van der Waals surface area (Å²) in [5.41, 5.74) is 0.160. The van der Waals surface area contributed by atoms with E-state index < -0.39 is 35.1 Å². The summed E-state index contributed by atoms with van der Waals surface area (Å²) in [6.07, 6.45) is 11.5. The predicted octanol–water partition coefficient (Wildman–Crippen LogP) is 3.95.